The van der Waals surface area contributed by atoms with Crippen molar-refractivity contribution in [2.75, 3.05) is 11.9 Å². The van der Waals surface area contributed by atoms with Gasteiger partial charge in [-0.3, -0.25) is 4.98 Å². The van der Waals surface area contributed by atoms with E-state index in [2.05, 4.69) is 27.9 Å². The van der Waals surface area contributed by atoms with Gasteiger partial charge in [-0.15, -0.1) is 0 Å². The Kier molecular flexibility index (Phi) is 4.69. The molecule has 0 fully saturated rings. The van der Waals surface area contributed by atoms with Crippen LogP contribution in [0.15, 0.2) is 36.7 Å². The van der Waals surface area contributed by atoms with Crippen molar-refractivity contribution < 1.29 is 0 Å². The maximum Gasteiger partial charge on any atom is 0.131 e. The molecule has 0 aliphatic carbocycles. The summed E-state index contributed by atoms with van der Waals surface area (Å²) in [5.74, 6) is 0.990. The van der Waals surface area contributed by atoms with Gasteiger partial charge in [0.25, 0.3) is 0 Å². The molecule has 4 heteroatoms. The normalized spacial score (nSPS) is 12.2. The zero-order chi connectivity index (χ0) is 14.5. The smallest absolute Gasteiger partial charge is 0.131 e. The van der Waals surface area contributed by atoms with Gasteiger partial charge in [0.15, 0.2) is 0 Å². The molecule has 0 saturated heterocycles. The van der Waals surface area contributed by atoms with Crippen LogP contribution < -0.4 is 10.6 Å². The number of aromatic nitrogens is 2. The Morgan fingerprint density at radius 3 is 2.70 bits per heavy atom. The molecular formula is C16H22N4. The van der Waals surface area contributed by atoms with Crippen LogP contribution in [0.1, 0.15) is 23.7 Å². The molecule has 2 aromatic rings. The maximum absolute atomic E-state index is 5.83. The first kappa shape index (κ1) is 14.5. The molecular weight excluding hydrogens is 248 g/mol. The molecule has 1 unspecified atom stereocenters. The number of hydrogen-bond donors (Lipinski definition) is 1. The highest BCUT2D eigenvalue weighted by Crippen LogP contribution is 2.18. The fraction of sp³-hybridized carbons (Fsp3) is 0.375. The first-order valence-corrected chi connectivity index (χ1v) is 6.88. The molecule has 2 heterocycles. The Morgan fingerprint density at radius 1 is 1.30 bits per heavy atom. The minimum Gasteiger partial charge on any atom is -0.354 e. The molecule has 0 amide bonds. The molecule has 2 N–H and O–H groups in total. The van der Waals surface area contributed by atoms with E-state index in [1.165, 1.54) is 11.1 Å². The predicted molar refractivity (Wildman–Crippen MR) is 82.7 cm³/mol. The van der Waals surface area contributed by atoms with Crippen molar-refractivity contribution in [1.82, 2.24) is 9.97 Å². The minimum atomic E-state index is 0.160. The summed E-state index contributed by atoms with van der Waals surface area (Å²) >= 11 is 0. The van der Waals surface area contributed by atoms with E-state index in [1.807, 2.05) is 44.6 Å². The van der Waals surface area contributed by atoms with Crippen LogP contribution in [0, 0.1) is 6.92 Å². The molecule has 0 spiro atoms. The van der Waals surface area contributed by atoms with Gasteiger partial charge in [-0.05, 0) is 43.5 Å². The number of rotatable bonds is 5. The lowest BCUT2D eigenvalue weighted by Gasteiger charge is -2.20. The van der Waals surface area contributed by atoms with Crippen molar-refractivity contribution in [3.8, 4) is 0 Å². The van der Waals surface area contributed by atoms with Crippen LogP contribution in [0.5, 0.6) is 0 Å². The van der Waals surface area contributed by atoms with E-state index in [9.17, 15) is 0 Å². The van der Waals surface area contributed by atoms with Crippen LogP contribution in [0.4, 0.5) is 5.82 Å². The molecule has 0 aromatic carbocycles. The van der Waals surface area contributed by atoms with E-state index in [0.717, 1.165) is 24.5 Å². The minimum absolute atomic E-state index is 0.160. The Hall–Kier alpha value is -1.94. The Labute approximate surface area is 120 Å². The second kappa shape index (κ2) is 6.48. The number of pyridine rings is 2. The molecule has 0 radical (unpaired) electrons. The van der Waals surface area contributed by atoms with Gasteiger partial charge in [-0.25, -0.2) is 4.98 Å². The second-order valence-corrected chi connectivity index (χ2v) is 5.34. The van der Waals surface area contributed by atoms with Gasteiger partial charge in [0.2, 0.25) is 0 Å². The van der Waals surface area contributed by atoms with Gasteiger partial charge in [0.05, 0.1) is 12.2 Å². The van der Waals surface area contributed by atoms with E-state index >= 15 is 0 Å². The predicted octanol–water partition coefficient (Wildman–Crippen LogP) is 2.31. The molecule has 106 valence electrons. The van der Waals surface area contributed by atoms with E-state index in [4.69, 9.17) is 5.73 Å². The molecule has 20 heavy (non-hydrogen) atoms. The topological polar surface area (TPSA) is 55.0 Å². The molecule has 2 rings (SSSR count). The average Bonchev–Trinajstić information content (AvgIpc) is 2.39. The first-order valence-electron chi connectivity index (χ1n) is 6.88. The van der Waals surface area contributed by atoms with Crippen molar-refractivity contribution in [3.05, 3.63) is 53.5 Å². The molecule has 0 aliphatic heterocycles. The quantitative estimate of drug-likeness (QED) is 0.906. The van der Waals surface area contributed by atoms with Crippen LogP contribution >= 0.6 is 0 Å². The van der Waals surface area contributed by atoms with Gasteiger partial charge in [0, 0.05) is 25.5 Å². The zero-order valence-electron chi connectivity index (χ0n) is 12.4. The van der Waals surface area contributed by atoms with E-state index in [1.54, 1.807) is 0 Å². The van der Waals surface area contributed by atoms with Crippen molar-refractivity contribution in [3.63, 3.8) is 0 Å². The number of nitrogens with two attached hydrogens (primary N) is 1. The summed E-state index contributed by atoms with van der Waals surface area (Å²) in [6, 6.07) is 8.28. The van der Waals surface area contributed by atoms with Crippen LogP contribution in [0.2, 0.25) is 0 Å². The fourth-order valence-corrected chi connectivity index (χ4v) is 2.32. The zero-order valence-corrected chi connectivity index (χ0v) is 12.4. The van der Waals surface area contributed by atoms with E-state index in [-0.39, 0.29) is 6.04 Å². The standard InChI is InChI=1S/C16H22N4/c1-12-8-14(9-13(2)17)10-19-16(12)20(3)11-15-6-4-5-7-18-15/h4-8,10,13H,9,11,17H2,1-3H3. The highest BCUT2D eigenvalue weighted by Gasteiger charge is 2.09. The van der Waals surface area contributed by atoms with E-state index < -0.39 is 0 Å². The number of hydrogen-bond acceptors (Lipinski definition) is 4. The summed E-state index contributed by atoms with van der Waals surface area (Å²) in [4.78, 5) is 11.0. The van der Waals surface area contributed by atoms with Crippen LogP contribution in [0.25, 0.3) is 0 Å². The Balaban J connectivity index is 2.12. The summed E-state index contributed by atoms with van der Waals surface area (Å²) in [5, 5.41) is 0. The number of nitrogens with zero attached hydrogens (tertiary/aromatic N) is 3. The third kappa shape index (κ3) is 3.78. The molecule has 0 bridgehead atoms. The second-order valence-electron chi connectivity index (χ2n) is 5.34. The summed E-state index contributed by atoms with van der Waals surface area (Å²) in [7, 11) is 2.04. The monoisotopic (exact) mass is 270 g/mol. The van der Waals surface area contributed by atoms with Crippen molar-refractivity contribution in [2.24, 2.45) is 5.73 Å². The molecule has 0 aliphatic rings. The van der Waals surface area contributed by atoms with Gasteiger partial charge in [0.1, 0.15) is 5.82 Å². The van der Waals surface area contributed by atoms with Gasteiger partial charge in [-0.2, -0.15) is 0 Å². The Bertz CT molecular complexity index is 552. The first-order chi connectivity index (χ1) is 9.56. The summed E-state index contributed by atoms with van der Waals surface area (Å²) < 4.78 is 0. The molecule has 2 aromatic heterocycles. The van der Waals surface area contributed by atoms with Crippen LogP contribution in [-0.4, -0.2) is 23.1 Å². The maximum atomic E-state index is 5.83. The Morgan fingerprint density at radius 2 is 2.10 bits per heavy atom. The van der Waals surface area contributed by atoms with Crippen LogP contribution in [0.3, 0.4) is 0 Å². The van der Waals surface area contributed by atoms with E-state index in [0.29, 0.717) is 0 Å². The third-order valence-electron chi connectivity index (χ3n) is 3.15. The molecule has 0 saturated carbocycles. The van der Waals surface area contributed by atoms with Crippen molar-refractivity contribution in [1.29, 1.82) is 0 Å². The van der Waals surface area contributed by atoms with Crippen molar-refractivity contribution in [2.45, 2.75) is 32.9 Å². The summed E-state index contributed by atoms with van der Waals surface area (Å²) in [6.45, 7) is 4.85. The summed E-state index contributed by atoms with van der Waals surface area (Å²) in [6.07, 6.45) is 4.59. The lowest BCUT2D eigenvalue weighted by atomic mass is 10.1. The number of anilines is 1. The largest absolute Gasteiger partial charge is 0.354 e. The lowest BCUT2D eigenvalue weighted by molar-refractivity contribution is 0.734. The number of aryl methyl sites for hydroxylation is 1. The lowest BCUT2D eigenvalue weighted by Crippen LogP contribution is -2.21. The average molecular weight is 270 g/mol. The summed E-state index contributed by atoms with van der Waals surface area (Å²) in [5.41, 5.74) is 9.22. The third-order valence-corrected chi connectivity index (χ3v) is 3.15. The van der Waals surface area contributed by atoms with Crippen molar-refractivity contribution >= 4 is 5.82 Å². The van der Waals surface area contributed by atoms with Crippen LogP contribution in [-0.2, 0) is 13.0 Å². The molecule has 4 nitrogen and oxygen atoms in total. The van der Waals surface area contributed by atoms with Gasteiger partial charge >= 0.3 is 0 Å². The van der Waals surface area contributed by atoms with Gasteiger partial charge < -0.3 is 10.6 Å². The SMILES string of the molecule is Cc1cc(CC(C)N)cnc1N(C)Cc1ccccn1. The fourth-order valence-electron chi connectivity index (χ4n) is 2.32. The highest BCUT2D eigenvalue weighted by molar-refractivity contribution is 5.47. The highest BCUT2D eigenvalue weighted by atomic mass is 15.2. The van der Waals surface area contributed by atoms with Gasteiger partial charge in [-0.1, -0.05) is 12.1 Å². The molecule has 1 atom stereocenters.